The molecule has 9 heteroatoms. The van der Waals surface area contributed by atoms with E-state index in [4.69, 9.17) is 9.15 Å². The Labute approximate surface area is 190 Å². The predicted octanol–water partition coefficient (Wildman–Crippen LogP) is 3.97. The van der Waals surface area contributed by atoms with Crippen LogP contribution in [-0.2, 0) is 9.53 Å². The Bertz CT molecular complexity index is 1140. The summed E-state index contributed by atoms with van der Waals surface area (Å²) in [4.78, 5) is 35.6. The fraction of sp³-hybridized carbons (Fsp3) is 0.167. The van der Waals surface area contributed by atoms with Gasteiger partial charge in [0.15, 0.2) is 0 Å². The van der Waals surface area contributed by atoms with Crippen LogP contribution in [0.2, 0.25) is 0 Å². The van der Waals surface area contributed by atoms with Gasteiger partial charge in [-0.25, -0.2) is 15.0 Å². The number of carboxylic acid groups (broad SMARTS) is 1. The normalized spacial score (nSPS) is 11.7. The Hall–Kier alpha value is -4.40. The number of hydrazone groups is 1. The van der Waals surface area contributed by atoms with Crippen LogP contribution < -0.4 is 10.7 Å². The molecule has 3 aromatic rings. The van der Waals surface area contributed by atoms with E-state index in [9.17, 15) is 19.5 Å². The van der Waals surface area contributed by atoms with Crippen molar-refractivity contribution in [1.82, 2.24) is 10.7 Å². The number of hydrogen-bond donors (Lipinski definition) is 3. The van der Waals surface area contributed by atoms with Crippen LogP contribution in [0.5, 0.6) is 0 Å². The molecule has 0 bridgehead atoms. The van der Waals surface area contributed by atoms with Crippen LogP contribution in [0.15, 0.2) is 76.2 Å². The van der Waals surface area contributed by atoms with Crippen LogP contribution in [-0.4, -0.2) is 35.9 Å². The summed E-state index contributed by atoms with van der Waals surface area (Å²) in [5.41, 5.74) is 3.70. The lowest BCUT2D eigenvalue weighted by molar-refractivity contribution is -0.121. The molecular weight excluding hydrogens is 426 g/mol. The summed E-state index contributed by atoms with van der Waals surface area (Å²) in [6, 6.07) is 18.2. The number of hydrogen-bond acceptors (Lipinski definition) is 6. The highest BCUT2D eigenvalue weighted by Crippen LogP contribution is 2.25. The number of aromatic carboxylic acids is 1. The third-order valence-electron chi connectivity index (χ3n) is 4.59. The molecule has 0 aliphatic heterocycles. The second-order valence-electron chi connectivity index (χ2n) is 6.88. The molecule has 3 N–H and O–H groups in total. The fourth-order valence-electron chi connectivity index (χ4n) is 3.10. The number of rotatable bonds is 9. The lowest BCUT2D eigenvalue weighted by Crippen LogP contribution is -2.33. The molecule has 1 heterocycles. The fourth-order valence-corrected chi connectivity index (χ4v) is 3.10. The van der Waals surface area contributed by atoms with Crippen molar-refractivity contribution >= 4 is 24.2 Å². The molecule has 9 nitrogen and oxygen atoms in total. The highest BCUT2D eigenvalue weighted by Gasteiger charge is 2.19. The van der Waals surface area contributed by atoms with Gasteiger partial charge >= 0.3 is 12.1 Å². The summed E-state index contributed by atoms with van der Waals surface area (Å²) in [6.07, 6.45) is 0.629. The molecule has 2 amide bonds. The van der Waals surface area contributed by atoms with Gasteiger partial charge in [-0.3, -0.25) is 4.79 Å². The third-order valence-corrected chi connectivity index (χ3v) is 4.59. The van der Waals surface area contributed by atoms with E-state index < -0.39 is 24.0 Å². The molecule has 0 aliphatic carbocycles. The summed E-state index contributed by atoms with van der Waals surface area (Å²) >= 11 is 0. The summed E-state index contributed by atoms with van der Waals surface area (Å²) in [6.45, 7) is 1.91. The number of alkyl carbamates (subject to hydrolysis) is 1. The zero-order valence-corrected chi connectivity index (χ0v) is 17.9. The number of furan rings is 1. The van der Waals surface area contributed by atoms with Crippen molar-refractivity contribution in [1.29, 1.82) is 0 Å². The molecule has 33 heavy (non-hydrogen) atoms. The van der Waals surface area contributed by atoms with E-state index in [2.05, 4.69) is 15.8 Å². The van der Waals surface area contributed by atoms with Gasteiger partial charge in [0.1, 0.15) is 11.5 Å². The van der Waals surface area contributed by atoms with Gasteiger partial charge < -0.3 is 19.6 Å². The summed E-state index contributed by atoms with van der Waals surface area (Å²) in [7, 11) is 0. The average Bonchev–Trinajstić information content (AvgIpc) is 3.28. The van der Waals surface area contributed by atoms with E-state index in [-0.39, 0.29) is 18.6 Å². The van der Waals surface area contributed by atoms with Gasteiger partial charge in [0.25, 0.3) is 0 Å². The third kappa shape index (κ3) is 6.54. The number of ether oxygens (including phenoxy) is 1. The maximum absolute atomic E-state index is 12.4. The first-order chi connectivity index (χ1) is 16.0. The van der Waals surface area contributed by atoms with E-state index in [0.29, 0.717) is 17.1 Å². The van der Waals surface area contributed by atoms with Gasteiger partial charge in [-0.2, -0.15) is 5.10 Å². The molecule has 1 aromatic heterocycles. The monoisotopic (exact) mass is 449 g/mol. The number of carbonyl (C=O) groups is 3. The predicted molar refractivity (Wildman–Crippen MR) is 121 cm³/mol. The van der Waals surface area contributed by atoms with Gasteiger partial charge in [0.05, 0.1) is 30.8 Å². The van der Waals surface area contributed by atoms with Crippen LogP contribution in [0, 0.1) is 0 Å². The summed E-state index contributed by atoms with van der Waals surface area (Å²) in [5, 5.41) is 15.9. The SMILES string of the molecule is CCOC(=O)N[C@@H](CC(=O)N/N=C\c1ccc(-c2ccccc2C(=O)O)o1)c1ccccc1. The van der Waals surface area contributed by atoms with Gasteiger partial charge in [-0.05, 0) is 30.7 Å². The second kappa shape index (κ2) is 11.3. The van der Waals surface area contributed by atoms with Crippen molar-refractivity contribution in [2.24, 2.45) is 5.10 Å². The van der Waals surface area contributed by atoms with Gasteiger partial charge in [0, 0.05) is 5.56 Å². The number of benzene rings is 2. The zero-order chi connectivity index (χ0) is 23.6. The van der Waals surface area contributed by atoms with Crippen LogP contribution in [0.1, 0.15) is 41.1 Å². The van der Waals surface area contributed by atoms with E-state index in [1.54, 1.807) is 49.4 Å². The van der Waals surface area contributed by atoms with Crippen molar-refractivity contribution in [2.75, 3.05) is 6.61 Å². The molecule has 0 radical (unpaired) electrons. The number of amides is 2. The maximum Gasteiger partial charge on any atom is 0.407 e. The molecule has 170 valence electrons. The molecule has 0 saturated carbocycles. The Morgan fingerprint density at radius 2 is 1.79 bits per heavy atom. The first-order valence-corrected chi connectivity index (χ1v) is 10.2. The smallest absolute Gasteiger partial charge is 0.407 e. The molecule has 3 rings (SSSR count). The Morgan fingerprint density at radius 3 is 2.52 bits per heavy atom. The van der Waals surface area contributed by atoms with Crippen molar-refractivity contribution in [2.45, 2.75) is 19.4 Å². The Balaban J connectivity index is 1.63. The summed E-state index contributed by atoms with van der Waals surface area (Å²) < 4.78 is 10.6. The van der Waals surface area contributed by atoms with Gasteiger partial charge in [-0.1, -0.05) is 48.5 Å². The molecule has 0 saturated heterocycles. The lowest BCUT2D eigenvalue weighted by Gasteiger charge is -2.17. The molecule has 0 fully saturated rings. The van der Waals surface area contributed by atoms with Crippen molar-refractivity contribution in [3.8, 4) is 11.3 Å². The van der Waals surface area contributed by atoms with E-state index in [1.165, 1.54) is 12.3 Å². The van der Waals surface area contributed by atoms with Crippen LogP contribution >= 0.6 is 0 Å². The number of carbonyl (C=O) groups excluding carboxylic acids is 2. The molecule has 0 unspecified atom stereocenters. The van der Waals surface area contributed by atoms with E-state index in [1.807, 2.05) is 18.2 Å². The van der Waals surface area contributed by atoms with Crippen LogP contribution in [0.3, 0.4) is 0 Å². The zero-order valence-electron chi connectivity index (χ0n) is 17.9. The topological polar surface area (TPSA) is 130 Å². The first-order valence-electron chi connectivity index (χ1n) is 10.2. The quantitative estimate of drug-likeness (QED) is 0.335. The summed E-state index contributed by atoms with van der Waals surface area (Å²) in [5.74, 6) is -0.799. The molecule has 0 spiro atoms. The largest absolute Gasteiger partial charge is 0.478 e. The number of nitrogens with zero attached hydrogens (tertiary/aromatic N) is 1. The second-order valence-corrected chi connectivity index (χ2v) is 6.88. The van der Waals surface area contributed by atoms with Crippen LogP contribution in [0.4, 0.5) is 4.79 Å². The van der Waals surface area contributed by atoms with E-state index >= 15 is 0 Å². The minimum absolute atomic E-state index is 0.0600. The highest BCUT2D eigenvalue weighted by atomic mass is 16.5. The standard InChI is InChI=1S/C24H23N3O6/c1-2-32-24(31)26-20(16-8-4-3-5-9-16)14-22(28)27-25-15-17-12-13-21(33-17)18-10-6-7-11-19(18)23(29)30/h3-13,15,20H,2,14H2,1H3,(H,26,31)(H,27,28)(H,29,30)/b25-15-/t20-/m0/s1. The van der Waals surface area contributed by atoms with Crippen molar-refractivity contribution in [3.63, 3.8) is 0 Å². The van der Waals surface area contributed by atoms with Crippen LogP contribution in [0.25, 0.3) is 11.3 Å². The molecule has 0 aliphatic rings. The Morgan fingerprint density at radius 1 is 1.06 bits per heavy atom. The molecular formula is C24H23N3O6. The Kier molecular flexibility index (Phi) is 7.96. The van der Waals surface area contributed by atoms with Gasteiger partial charge in [-0.15, -0.1) is 0 Å². The lowest BCUT2D eigenvalue weighted by atomic mass is 10.0. The number of carboxylic acids is 1. The minimum atomic E-state index is -1.06. The maximum atomic E-state index is 12.4. The molecule has 2 aromatic carbocycles. The average molecular weight is 449 g/mol. The number of nitrogens with one attached hydrogen (secondary N) is 2. The van der Waals surface area contributed by atoms with Gasteiger partial charge in [0.2, 0.25) is 5.91 Å². The van der Waals surface area contributed by atoms with Crippen molar-refractivity contribution in [3.05, 3.63) is 83.6 Å². The minimum Gasteiger partial charge on any atom is -0.478 e. The molecule has 1 atom stereocenters. The highest BCUT2D eigenvalue weighted by molar-refractivity contribution is 5.95. The van der Waals surface area contributed by atoms with E-state index in [0.717, 1.165) is 5.56 Å². The first kappa shape index (κ1) is 23.3. The van der Waals surface area contributed by atoms with Crippen molar-refractivity contribution < 1.29 is 28.6 Å².